The number of carbonyl (C=O) groups excluding carboxylic acids is 1. The molecule has 21 heavy (non-hydrogen) atoms. The van der Waals surface area contributed by atoms with Crippen molar-refractivity contribution in [2.24, 2.45) is 17.6 Å². The maximum Gasteiger partial charge on any atom is 0.234 e. The number of fused-ring (bicyclic) bond motifs is 2. The monoisotopic (exact) mass is 295 g/mol. The lowest BCUT2D eigenvalue weighted by atomic mass is 9.67. The molecule has 3 rings (SSSR count). The van der Waals surface area contributed by atoms with Crippen molar-refractivity contribution >= 4 is 5.91 Å². The predicted molar refractivity (Wildman–Crippen MR) is 81.8 cm³/mol. The smallest absolute Gasteiger partial charge is 0.234 e. The summed E-state index contributed by atoms with van der Waals surface area (Å²) in [6.45, 7) is 2.06. The fourth-order valence-electron chi connectivity index (χ4n) is 4.41. The van der Waals surface area contributed by atoms with Gasteiger partial charge in [-0.3, -0.25) is 4.79 Å². The lowest BCUT2D eigenvalue weighted by Crippen LogP contribution is -2.55. The first-order valence-corrected chi connectivity index (χ1v) is 8.59. The molecule has 5 nitrogen and oxygen atoms in total. The van der Waals surface area contributed by atoms with Gasteiger partial charge in [-0.25, -0.2) is 0 Å². The van der Waals surface area contributed by atoms with Gasteiger partial charge < -0.3 is 21.1 Å². The van der Waals surface area contributed by atoms with Gasteiger partial charge in [0.1, 0.15) is 0 Å². The zero-order valence-electron chi connectivity index (χ0n) is 12.9. The van der Waals surface area contributed by atoms with Gasteiger partial charge >= 0.3 is 0 Å². The molecule has 1 heterocycles. The molecule has 5 heteroatoms. The predicted octanol–water partition coefficient (Wildman–Crippen LogP) is 0.777. The van der Waals surface area contributed by atoms with E-state index in [-0.39, 0.29) is 5.91 Å². The Kier molecular flexibility index (Phi) is 5.14. The Labute approximate surface area is 127 Å². The van der Waals surface area contributed by atoms with Crippen molar-refractivity contribution in [3.63, 3.8) is 0 Å². The Hall–Kier alpha value is -0.650. The Morgan fingerprint density at radius 2 is 1.90 bits per heavy atom. The third-order valence-electron chi connectivity index (χ3n) is 5.39. The first-order chi connectivity index (χ1) is 10.2. The number of hydrogen-bond acceptors (Lipinski definition) is 4. The summed E-state index contributed by atoms with van der Waals surface area (Å²) in [4.78, 5) is 12.2. The van der Waals surface area contributed by atoms with Gasteiger partial charge in [0, 0.05) is 25.2 Å². The number of rotatable bonds is 5. The normalized spacial score (nSPS) is 39.2. The molecular formula is C16H29N3O2. The van der Waals surface area contributed by atoms with Gasteiger partial charge in [0.05, 0.1) is 12.6 Å². The molecule has 1 amide bonds. The SMILES string of the molecule is NC1CC2CCCC(C1)C2NC(=O)CNCC1CCCO1. The average molecular weight is 295 g/mol. The summed E-state index contributed by atoms with van der Waals surface area (Å²) in [6.07, 6.45) is 8.44. The first kappa shape index (κ1) is 15.3. The van der Waals surface area contributed by atoms with Crippen molar-refractivity contribution in [1.82, 2.24) is 10.6 Å². The molecule has 0 aromatic rings. The molecule has 120 valence electrons. The van der Waals surface area contributed by atoms with Crippen LogP contribution in [0.4, 0.5) is 0 Å². The van der Waals surface area contributed by atoms with Crippen LogP contribution in [-0.4, -0.2) is 43.8 Å². The van der Waals surface area contributed by atoms with Crippen LogP contribution in [0.5, 0.6) is 0 Å². The molecule has 3 unspecified atom stereocenters. The van der Waals surface area contributed by atoms with E-state index in [9.17, 15) is 4.79 Å². The number of nitrogens with one attached hydrogen (secondary N) is 2. The van der Waals surface area contributed by atoms with Gasteiger partial charge in [-0.15, -0.1) is 0 Å². The van der Waals surface area contributed by atoms with E-state index in [1.807, 2.05) is 0 Å². The quantitative estimate of drug-likeness (QED) is 0.700. The number of amides is 1. The molecule has 3 aliphatic rings. The van der Waals surface area contributed by atoms with Crippen LogP contribution in [0.1, 0.15) is 44.9 Å². The largest absolute Gasteiger partial charge is 0.377 e. The third-order valence-corrected chi connectivity index (χ3v) is 5.39. The van der Waals surface area contributed by atoms with Crippen LogP contribution < -0.4 is 16.4 Å². The standard InChI is InChI=1S/C16H29N3O2/c17-13-7-11-3-1-4-12(8-13)16(11)19-15(20)10-18-9-14-5-2-6-21-14/h11-14,16,18H,1-10,17H2,(H,19,20). The minimum absolute atomic E-state index is 0.130. The van der Waals surface area contributed by atoms with E-state index in [1.165, 1.54) is 19.3 Å². The van der Waals surface area contributed by atoms with Gasteiger partial charge in [0.2, 0.25) is 5.91 Å². The highest BCUT2D eigenvalue weighted by atomic mass is 16.5. The molecule has 2 bridgehead atoms. The van der Waals surface area contributed by atoms with E-state index in [2.05, 4.69) is 10.6 Å². The van der Waals surface area contributed by atoms with Crippen LogP contribution in [-0.2, 0) is 9.53 Å². The fourth-order valence-corrected chi connectivity index (χ4v) is 4.41. The van der Waals surface area contributed by atoms with E-state index in [0.717, 1.165) is 38.8 Å². The van der Waals surface area contributed by atoms with Gasteiger partial charge in [0.25, 0.3) is 0 Å². The van der Waals surface area contributed by atoms with E-state index in [0.29, 0.717) is 36.6 Å². The van der Waals surface area contributed by atoms with Crippen molar-refractivity contribution in [2.75, 3.05) is 19.7 Å². The highest BCUT2D eigenvalue weighted by Gasteiger charge is 2.39. The summed E-state index contributed by atoms with van der Waals surface area (Å²) in [5.74, 6) is 1.31. The second kappa shape index (κ2) is 7.07. The van der Waals surface area contributed by atoms with Crippen molar-refractivity contribution in [3.8, 4) is 0 Å². The summed E-state index contributed by atoms with van der Waals surface area (Å²) >= 11 is 0. The summed E-state index contributed by atoms with van der Waals surface area (Å²) < 4.78 is 5.55. The Balaban J connectivity index is 1.41. The van der Waals surface area contributed by atoms with Crippen molar-refractivity contribution < 1.29 is 9.53 Å². The van der Waals surface area contributed by atoms with Crippen LogP contribution in [0, 0.1) is 11.8 Å². The molecule has 1 aliphatic heterocycles. The van der Waals surface area contributed by atoms with Crippen LogP contribution in [0.3, 0.4) is 0 Å². The molecule has 1 saturated heterocycles. The minimum atomic E-state index is 0.130. The molecule has 3 fully saturated rings. The maximum atomic E-state index is 12.2. The summed E-state index contributed by atoms with van der Waals surface area (Å²) in [7, 11) is 0. The molecular weight excluding hydrogens is 266 g/mol. The van der Waals surface area contributed by atoms with Crippen molar-refractivity contribution in [2.45, 2.75) is 63.1 Å². The number of hydrogen-bond donors (Lipinski definition) is 3. The van der Waals surface area contributed by atoms with Crippen LogP contribution in [0.15, 0.2) is 0 Å². The maximum absolute atomic E-state index is 12.2. The molecule has 2 aliphatic carbocycles. The van der Waals surface area contributed by atoms with Crippen molar-refractivity contribution in [1.29, 1.82) is 0 Å². The summed E-state index contributed by atoms with van der Waals surface area (Å²) in [5.41, 5.74) is 6.13. The van der Waals surface area contributed by atoms with Gasteiger partial charge in [-0.1, -0.05) is 6.42 Å². The highest BCUT2D eigenvalue weighted by Crippen LogP contribution is 2.39. The first-order valence-electron chi connectivity index (χ1n) is 8.59. The number of carbonyl (C=O) groups is 1. The topological polar surface area (TPSA) is 76.4 Å². The second-order valence-corrected chi connectivity index (χ2v) is 7.04. The van der Waals surface area contributed by atoms with Crippen LogP contribution in [0.25, 0.3) is 0 Å². The van der Waals surface area contributed by atoms with Gasteiger partial charge in [-0.2, -0.15) is 0 Å². The lowest BCUT2D eigenvalue weighted by molar-refractivity contribution is -0.122. The summed E-state index contributed by atoms with van der Waals surface area (Å²) in [5, 5.41) is 6.50. The zero-order chi connectivity index (χ0) is 14.7. The van der Waals surface area contributed by atoms with E-state index in [1.54, 1.807) is 0 Å². The number of ether oxygens (including phenoxy) is 1. The van der Waals surface area contributed by atoms with Crippen LogP contribution in [0.2, 0.25) is 0 Å². The molecule has 3 atom stereocenters. The molecule has 0 radical (unpaired) electrons. The fraction of sp³-hybridized carbons (Fsp3) is 0.938. The second-order valence-electron chi connectivity index (χ2n) is 7.04. The lowest BCUT2D eigenvalue weighted by Gasteiger charge is -2.45. The molecule has 0 spiro atoms. The summed E-state index contributed by atoms with van der Waals surface area (Å²) in [6, 6.07) is 0.696. The third kappa shape index (κ3) is 3.96. The molecule has 0 aromatic heterocycles. The Morgan fingerprint density at radius 1 is 1.14 bits per heavy atom. The molecule has 0 aromatic carbocycles. The molecule has 4 N–H and O–H groups in total. The highest BCUT2D eigenvalue weighted by molar-refractivity contribution is 5.78. The minimum Gasteiger partial charge on any atom is -0.377 e. The van der Waals surface area contributed by atoms with E-state index < -0.39 is 0 Å². The van der Waals surface area contributed by atoms with Crippen LogP contribution >= 0.6 is 0 Å². The van der Waals surface area contributed by atoms with Gasteiger partial charge in [-0.05, 0) is 50.4 Å². The van der Waals surface area contributed by atoms with Gasteiger partial charge in [0.15, 0.2) is 0 Å². The number of nitrogens with two attached hydrogens (primary N) is 1. The zero-order valence-corrected chi connectivity index (χ0v) is 12.9. The Morgan fingerprint density at radius 3 is 2.57 bits per heavy atom. The Bertz CT molecular complexity index is 343. The van der Waals surface area contributed by atoms with E-state index in [4.69, 9.17) is 10.5 Å². The molecule has 2 saturated carbocycles. The van der Waals surface area contributed by atoms with E-state index >= 15 is 0 Å². The average Bonchev–Trinajstić information content (AvgIpc) is 2.93. The van der Waals surface area contributed by atoms with Crippen molar-refractivity contribution in [3.05, 3.63) is 0 Å².